The van der Waals surface area contributed by atoms with Crippen molar-refractivity contribution in [2.75, 3.05) is 38.1 Å². The van der Waals surface area contributed by atoms with E-state index in [2.05, 4.69) is 15.6 Å². The molecule has 2 fully saturated rings. The summed E-state index contributed by atoms with van der Waals surface area (Å²) in [4.78, 5) is 30.8. The topological polar surface area (TPSA) is 83.6 Å². The van der Waals surface area contributed by atoms with Gasteiger partial charge in [-0.25, -0.2) is 4.98 Å². The summed E-state index contributed by atoms with van der Waals surface area (Å²) < 4.78 is 5.52. The highest BCUT2D eigenvalue weighted by Gasteiger charge is 2.33. The van der Waals surface area contributed by atoms with Crippen LogP contribution in [0, 0.1) is 5.92 Å². The van der Waals surface area contributed by atoms with Gasteiger partial charge in [0.25, 0.3) is 5.91 Å². The highest BCUT2D eigenvalue weighted by atomic mass is 35.5. The Labute approximate surface area is 170 Å². The zero-order valence-electron chi connectivity index (χ0n) is 14.2. The monoisotopic (exact) mass is 424 g/mol. The minimum atomic E-state index is -0.446. The minimum Gasteiger partial charge on any atom is -0.366 e. The molecule has 10 heteroatoms. The number of hydrogen-bond donors (Lipinski definition) is 2. The third kappa shape index (κ3) is 5.96. The van der Waals surface area contributed by atoms with E-state index in [-0.39, 0.29) is 42.5 Å². The number of ether oxygens (including phenoxy) is 1. The zero-order chi connectivity index (χ0) is 16.9. The van der Waals surface area contributed by atoms with Crippen LogP contribution < -0.4 is 10.6 Å². The molecule has 3 heterocycles. The van der Waals surface area contributed by atoms with Gasteiger partial charge in [-0.15, -0.1) is 24.8 Å². The van der Waals surface area contributed by atoms with E-state index in [1.165, 1.54) is 6.20 Å². The summed E-state index contributed by atoms with van der Waals surface area (Å²) in [7, 11) is 0. The number of aromatic nitrogens is 1. The number of nitrogens with one attached hydrogen (secondary N) is 2. The predicted molar refractivity (Wildman–Crippen MR) is 104 cm³/mol. The number of carbonyl (C=O) groups excluding carboxylic acids is 2. The molecule has 0 saturated carbocycles. The van der Waals surface area contributed by atoms with Gasteiger partial charge in [-0.1, -0.05) is 11.6 Å². The summed E-state index contributed by atoms with van der Waals surface area (Å²) in [6.07, 6.45) is 2.60. The van der Waals surface area contributed by atoms with Gasteiger partial charge < -0.3 is 20.3 Å². The second-order valence-electron chi connectivity index (χ2n) is 6.04. The summed E-state index contributed by atoms with van der Waals surface area (Å²) in [5.41, 5.74) is 0. The van der Waals surface area contributed by atoms with Crippen molar-refractivity contribution in [3.8, 4) is 0 Å². The molecule has 3 rings (SSSR count). The third-order valence-electron chi connectivity index (χ3n) is 4.29. The number of likely N-dealkylation sites (tertiary alicyclic amines) is 1. The molecule has 7 nitrogen and oxygen atoms in total. The van der Waals surface area contributed by atoms with Crippen LogP contribution in [0.15, 0.2) is 18.3 Å². The van der Waals surface area contributed by atoms with Crippen LogP contribution >= 0.6 is 36.4 Å². The van der Waals surface area contributed by atoms with Gasteiger partial charge in [0.05, 0.1) is 17.5 Å². The molecule has 2 amide bonds. The molecule has 2 atom stereocenters. The largest absolute Gasteiger partial charge is 0.366 e. The number of nitrogens with zero attached hydrogens (tertiary/aromatic N) is 2. The van der Waals surface area contributed by atoms with E-state index in [9.17, 15) is 9.59 Å². The van der Waals surface area contributed by atoms with Crippen molar-refractivity contribution in [1.29, 1.82) is 0 Å². The molecule has 2 N–H and O–H groups in total. The first kappa shape index (κ1) is 22.9. The van der Waals surface area contributed by atoms with E-state index >= 15 is 0 Å². The van der Waals surface area contributed by atoms with Crippen molar-refractivity contribution in [2.24, 2.45) is 5.92 Å². The number of morpholine rings is 1. The highest BCUT2D eigenvalue weighted by Crippen LogP contribution is 2.20. The molecule has 1 aromatic rings. The first-order valence-electron chi connectivity index (χ1n) is 8.17. The smallest absolute Gasteiger partial charge is 0.253 e. The fourth-order valence-electron chi connectivity index (χ4n) is 3.00. The average molecular weight is 426 g/mol. The maximum Gasteiger partial charge on any atom is 0.253 e. The van der Waals surface area contributed by atoms with E-state index < -0.39 is 6.10 Å². The summed E-state index contributed by atoms with van der Waals surface area (Å²) in [6, 6.07) is 3.34. The normalized spacial score (nSPS) is 22.6. The SMILES string of the molecule is Cl.Cl.O=C(Nc1ccc(Cl)cn1)C1CCCN(C(=O)C2CNCCO2)C1. The minimum absolute atomic E-state index is 0. The molecule has 1 aromatic heterocycles. The van der Waals surface area contributed by atoms with Gasteiger partial charge in [-0.2, -0.15) is 0 Å². The molecular formula is C16H23Cl3N4O3. The van der Waals surface area contributed by atoms with Crippen molar-refractivity contribution in [1.82, 2.24) is 15.2 Å². The van der Waals surface area contributed by atoms with Gasteiger partial charge in [0.2, 0.25) is 5.91 Å². The quantitative estimate of drug-likeness (QED) is 0.771. The van der Waals surface area contributed by atoms with Crippen molar-refractivity contribution >= 4 is 54.0 Å². The lowest BCUT2D eigenvalue weighted by atomic mass is 9.96. The number of amides is 2. The second kappa shape index (κ2) is 10.9. The summed E-state index contributed by atoms with van der Waals surface area (Å²) >= 11 is 5.79. The van der Waals surface area contributed by atoms with E-state index in [1.807, 2.05) is 0 Å². The Balaban J connectivity index is 0.00000169. The fraction of sp³-hybridized carbons (Fsp3) is 0.562. The van der Waals surface area contributed by atoms with Crippen LogP contribution in [-0.2, 0) is 14.3 Å². The highest BCUT2D eigenvalue weighted by molar-refractivity contribution is 6.30. The Morgan fingerprint density at radius 1 is 1.35 bits per heavy atom. The van der Waals surface area contributed by atoms with Crippen molar-refractivity contribution in [3.05, 3.63) is 23.4 Å². The van der Waals surface area contributed by atoms with Crippen LogP contribution in [0.1, 0.15) is 12.8 Å². The molecule has 0 radical (unpaired) electrons. The number of hydrogen-bond acceptors (Lipinski definition) is 5. The zero-order valence-corrected chi connectivity index (χ0v) is 16.5. The number of halogens is 3. The van der Waals surface area contributed by atoms with Gasteiger partial charge in [0.1, 0.15) is 11.9 Å². The molecule has 2 aliphatic rings. The van der Waals surface area contributed by atoms with Gasteiger partial charge in [0, 0.05) is 32.4 Å². The Kier molecular flexibility index (Phi) is 9.60. The Bertz CT molecular complexity index is 597. The molecule has 26 heavy (non-hydrogen) atoms. The van der Waals surface area contributed by atoms with Crippen LogP contribution in [0.5, 0.6) is 0 Å². The second-order valence-corrected chi connectivity index (χ2v) is 6.47. The lowest BCUT2D eigenvalue weighted by molar-refractivity contribution is -0.147. The van der Waals surface area contributed by atoms with Crippen molar-refractivity contribution < 1.29 is 14.3 Å². The van der Waals surface area contributed by atoms with E-state index in [0.29, 0.717) is 37.1 Å². The molecule has 0 bridgehead atoms. The maximum absolute atomic E-state index is 12.5. The van der Waals surface area contributed by atoms with E-state index in [0.717, 1.165) is 19.4 Å². The summed E-state index contributed by atoms with van der Waals surface area (Å²) in [5, 5.41) is 6.46. The van der Waals surface area contributed by atoms with Crippen LogP contribution in [0.4, 0.5) is 5.82 Å². The molecule has 0 aliphatic carbocycles. The number of piperidine rings is 1. The Hall–Kier alpha value is -1.12. The molecule has 0 spiro atoms. The molecular weight excluding hydrogens is 403 g/mol. The Morgan fingerprint density at radius 2 is 2.15 bits per heavy atom. The van der Waals surface area contributed by atoms with Gasteiger partial charge in [0.15, 0.2) is 0 Å². The molecule has 146 valence electrons. The predicted octanol–water partition coefficient (Wildman–Crippen LogP) is 1.74. The first-order valence-corrected chi connectivity index (χ1v) is 8.55. The van der Waals surface area contributed by atoms with Gasteiger partial charge >= 0.3 is 0 Å². The number of pyridine rings is 1. The number of rotatable bonds is 3. The molecule has 2 unspecified atom stereocenters. The van der Waals surface area contributed by atoms with Crippen LogP contribution in [0.3, 0.4) is 0 Å². The standard InChI is InChI=1S/C16H21ClN4O3.2ClH/c17-12-3-4-14(19-8-12)20-15(22)11-2-1-6-21(10-11)16(23)13-9-18-5-7-24-13;;/h3-4,8,11,13,18H,1-2,5-7,9-10H2,(H,19,20,22);2*1H. The summed E-state index contributed by atoms with van der Waals surface area (Å²) in [6.45, 7) is 2.92. The number of anilines is 1. The average Bonchev–Trinajstić information content (AvgIpc) is 2.64. The lowest BCUT2D eigenvalue weighted by Gasteiger charge is -2.35. The molecule has 0 aromatic carbocycles. The van der Waals surface area contributed by atoms with Gasteiger partial charge in [-0.05, 0) is 25.0 Å². The third-order valence-corrected chi connectivity index (χ3v) is 4.51. The maximum atomic E-state index is 12.5. The number of carbonyl (C=O) groups is 2. The van der Waals surface area contributed by atoms with Crippen LogP contribution in [0.25, 0.3) is 0 Å². The van der Waals surface area contributed by atoms with Crippen LogP contribution in [0.2, 0.25) is 5.02 Å². The molecule has 2 saturated heterocycles. The fourth-order valence-corrected chi connectivity index (χ4v) is 3.11. The van der Waals surface area contributed by atoms with Crippen molar-refractivity contribution in [2.45, 2.75) is 18.9 Å². The van der Waals surface area contributed by atoms with Crippen LogP contribution in [-0.4, -0.2) is 60.6 Å². The van der Waals surface area contributed by atoms with E-state index in [1.54, 1.807) is 17.0 Å². The van der Waals surface area contributed by atoms with Gasteiger partial charge in [-0.3, -0.25) is 9.59 Å². The van der Waals surface area contributed by atoms with Crippen molar-refractivity contribution in [3.63, 3.8) is 0 Å². The summed E-state index contributed by atoms with van der Waals surface area (Å²) in [5.74, 6) is 0.0683. The lowest BCUT2D eigenvalue weighted by Crippen LogP contribution is -2.52. The Morgan fingerprint density at radius 3 is 2.81 bits per heavy atom. The first-order chi connectivity index (χ1) is 11.6. The van der Waals surface area contributed by atoms with E-state index in [4.69, 9.17) is 16.3 Å². The molecule has 2 aliphatic heterocycles.